The Labute approximate surface area is 173 Å². The Morgan fingerprint density at radius 3 is 2.11 bits per heavy atom. The van der Waals surface area contributed by atoms with Crippen LogP contribution < -0.4 is 0 Å². The van der Waals surface area contributed by atoms with E-state index in [2.05, 4.69) is 24.1 Å². The number of carbonyl (C=O) groups is 1. The van der Waals surface area contributed by atoms with E-state index in [0.29, 0.717) is 13.0 Å². The molecule has 0 spiro atoms. The van der Waals surface area contributed by atoms with Crippen molar-refractivity contribution in [3.63, 3.8) is 0 Å². The lowest BCUT2D eigenvalue weighted by Crippen LogP contribution is -2.04. The van der Waals surface area contributed by atoms with Crippen LogP contribution in [0.1, 0.15) is 109 Å². The van der Waals surface area contributed by atoms with Crippen molar-refractivity contribution in [1.82, 2.24) is 4.98 Å². The lowest BCUT2D eigenvalue weighted by Gasteiger charge is -2.05. The van der Waals surface area contributed by atoms with Crippen molar-refractivity contribution < 1.29 is 9.53 Å². The van der Waals surface area contributed by atoms with Crippen molar-refractivity contribution in [2.75, 3.05) is 0 Å². The van der Waals surface area contributed by atoms with E-state index in [1.54, 1.807) is 12.4 Å². The Kier molecular flexibility index (Phi) is 16.3. The van der Waals surface area contributed by atoms with E-state index in [1.807, 2.05) is 12.1 Å². The van der Waals surface area contributed by atoms with Gasteiger partial charge in [-0.3, -0.25) is 9.78 Å². The maximum Gasteiger partial charge on any atom is 0.306 e. The molecule has 3 heteroatoms. The molecule has 0 N–H and O–H groups in total. The lowest BCUT2D eigenvalue weighted by molar-refractivity contribution is -0.145. The van der Waals surface area contributed by atoms with Gasteiger partial charge in [0.15, 0.2) is 0 Å². The molecule has 1 aromatic heterocycles. The number of carbonyl (C=O) groups excluding carboxylic acids is 1. The summed E-state index contributed by atoms with van der Waals surface area (Å²) in [5.74, 6) is -0.0951. The maximum atomic E-state index is 11.7. The first-order valence-electron chi connectivity index (χ1n) is 11.5. The minimum absolute atomic E-state index is 0.0951. The molecule has 0 unspecified atom stereocenters. The highest BCUT2D eigenvalue weighted by Gasteiger charge is 2.03. The summed E-state index contributed by atoms with van der Waals surface area (Å²) in [6.45, 7) is 2.60. The number of ether oxygens (including phenoxy) is 1. The number of unbranched alkanes of at least 4 members (excludes halogenated alkanes) is 12. The number of rotatable bonds is 18. The summed E-state index contributed by atoms with van der Waals surface area (Å²) in [6, 6.07) is 3.78. The number of esters is 1. The van der Waals surface area contributed by atoms with E-state index in [0.717, 1.165) is 18.4 Å². The fourth-order valence-electron chi connectivity index (χ4n) is 3.24. The minimum Gasteiger partial charge on any atom is -0.461 e. The fraction of sp³-hybridized carbons (Fsp3) is 0.680. The molecule has 158 valence electrons. The molecule has 0 atom stereocenters. The van der Waals surface area contributed by atoms with Gasteiger partial charge in [0, 0.05) is 24.4 Å². The van der Waals surface area contributed by atoms with Gasteiger partial charge in [0.2, 0.25) is 0 Å². The molecular weight excluding hydrogens is 346 g/mol. The average molecular weight is 388 g/mol. The van der Waals surface area contributed by atoms with Crippen LogP contribution in [-0.4, -0.2) is 11.0 Å². The Hall–Kier alpha value is -1.64. The molecule has 0 radical (unpaired) electrons. The normalized spacial score (nSPS) is 11.2. The molecule has 28 heavy (non-hydrogen) atoms. The summed E-state index contributed by atoms with van der Waals surface area (Å²) >= 11 is 0. The molecule has 1 aromatic rings. The Balaban J connectivity index is 1.79. The average Bonchev–Trinajstić information content (AvgIpc) is 2.72. The third-order valence-electron chi connectivity index (χ3n) is 5.02. The fourth-order valence-corrected chi connectivity index (χ4v) is 3.24. The number of aromatic nitrogens is 1. The summed E-state index contributed by atoms with van der Waals surface area (Å²) in [6.07, 6.45) is 26.6. The van der Waals surface area contributed by atoms with Gasteiger partial charge in [0.25, 0.3) is 0 Å². The van der Waals surface area contributed by atoms with Crippen LogP contribution in [0.3, 0.4) is 0 Å². The van der Waals surface area contributed by atoms with Crippen LogP contribution in [0.15, 0.2) is 36.7 Å². The molecule has 0 aliphatic rings. The highest BCUT2D eigenvalue weighted by atomic mass is 16.5. The van der Waals surface area contributed by atoms with E-state index in [9.17, 15) is 4.79 Å². The molecule has 1 rings (SSSR count). The van der Waals surface area contributed by atoms with E-state index in [4.69, 9.17) is 4.74 Å². The maximum absolute atomic E-state index is 11.7. The quantitative estimate of drug-likeness (QED) is 0.148. The van der Waals surface area contributed by atoms with Gasteiger partial charge in [-0.25, -0.2) is 0 Å². The predicted molar refractivity (Wildman–Crippen MR) is 118 cm³/mol. The number of pyridine rings is 1. The van der Waals surface area contributed by atoms with Crippen LogP contribution in [0.25, 0.3) is 0 Å². The van der Waals surface area contributed by atoms with Crippen LogP contribution in [0.4, 0.5) is 0 Å². The van der Waals surface area contributed by atoms with Crippen LogP contribution in [0.5, 0.6) is 0 Å². The second-order valence-corrected chi connectivity index (χ2v) is 7.71. The summed E-state index contributed by atoms with van der Waals surface area (Å²) < 4.78 is 5.27. The second kappa shape index (κ2) is 18.7. The summed E-state index contributed by atoms with van der Waals surface area (Å²) in [5, 5.41) is 0. The summed E-state index contributed by atoms with van der Waals surface area (Å²) in [5.41, 5.74) is 0.943. The summed E-state index contributed by atoms with van der Waals surface area (Å²) in [4.78, 5) is 15.7. The molecule has 0 saturated carbocycles. The molecule has 0 amide bonds. The molecule has 0 aromatic carbocycles. The third-order valence-corrected chi connectivity index (χ3v) is 5.02. The monoisotopic (exact) mass is 387 g/mol. The van der Waals surface area contributed by atoms with E-state index < -0.39 is 0 Å². The molecular formula is C25H41NO2. The number of hydrogen-bond acceptors (Lipinski definition) is 3. The van der Waals surface area contributed by atoms with Gasteiger partial charge in [-0.15, -0.1) is 0 Å². The molecule has 1 heterocycles. The van der Waals surface area contributed by atoms with Crippen molar-refractivity contribution in [3.05, 3.63) is 42.2 Å². The SMILES string of the molecule is CCCCCC/C=C\CCCCCCCCCCC(=O)OCc1cccnc1. The number of hydrogen-bond donors (Lipinski definition) is 0. The standard InChI is InChI=1S/C25H41NO2/c1-2-3-4-5-6-7-8-9-10-11-12-13-14-15-16-17-20-25(27)28-23-24-19-18-21-26-22-24/h7-8,18-19,21-22H,2-6,9-17,20,23H2,1H3/b8-7-. The van der Waals surface area contributed by atoms with Gasteiger partial charge in [0.05, 0.1) is 0 Å². The second-order valence-electron chi connectivity index (χ2n) is 7.71. The molecule has 0 saturated heterocycles. The molecule has 0 fully saturated rings. The van der Waals surface area contributed by atoms with Crippen molar-refractivity contribution in [1.29, 1.82) is 0 Å². The van der Waals surface area contributed by atoms with Gasteiger partial charge < -0.3 is 4.74 Å². The van der Waals surface area contributed by atoms with Gasteiger partial charge >= 0.3 is 5.97 Å². The molecule has 0 bridgehead atoms. The lowest BCUT2D eigenvalue weighted by atomic mass is 10.1. The molecule has 0 aliphatic carbocycles. The minimum atomic E-state index is -0.0951. The topological polar surface area (TPSA) is 39.2 Å². The van der Waals surface area contributed by atoms with Gasteiger partial charge in [-0.05, 0) is 38.2 Å². The summed E-state index contributed by atoms with van der Waals surface area (Å²) in [7, 11) is 0. The van der Waals surface area contributed by atoms with Crippen molar-refractivity contribution >= 4 is 5.97 Å². The first-order chi connectivity index (χ1) is 13.8. The first-order valence-corrected chi connectivity index (χ1v) is 11.5. The zero-order valence-electron chi connectivity index (χ0n) is 18.0. The van der Waals surface area contributed by atoms with E-state index in [-0.39, 0.29) is 5.97 Å². The van der Waals surface area contributed by atoms with Gasteiger partial charge in [-0.2, -0.15) is 0 Å². The Morgan fingerprint density at radius 2 is 1.50 bits per heavy atom. The van der Waals surface area contributed by atoms with Crippen LogP contribution >= 0.6 is 0 Å². The van der Waals surface area contributed by atoms with Crippen molar-refractivity contribution in [2.45, 2.75) is 110 Å². The number of nitrogens with zero attached hydrogens (tertiary/aromatic N) is 1. The Bertz CT molecular complexity index is 499. The third kappa shape index (κ3) is 15.4. The van der Waals surface area contributed by atoms with E-state index in [1.165, 1.54) is 77.0 Å². The van der Waals surface area contributed by atoms with Crippen molar-refractivity contribution in [2.24, 2.45) is 0 Å². The zero-order valence-corrected chi connectivity index (χ0v) is 18.0. The largest absolute Gasteiger partial charge is 0.461 e. The highest BCUT2D eigenvalue weighted by molar-refractivity contribution is 5.69. The highest BCUT2D eigenvalue weighted by Crippen LogP contribution is 2.12. The van der Waals surface area contributed by atoms with Gasteiger partial charge in [-0.1, -0.05) is 82.9 Å². The smallest absolute Gasteiger partial charge is 0.306 e. The van der Waals surface area contributed by atoms with Crippen LogP contribution in [-0.2, 0) is 16.1 Å². The molecule has 0 aliphatic heterocycles. The van der Waals surface area contributed by atoms with Crippen LogP contribution in [0, 0.1) is 0 Å². The first kappa shape index (κ1) is 24.4. The van der Waals surface area contributed by atoms with E-state index >= 15 is 0 Å². The molecule has 3 nitrogen and oxygen atoms in total. The Morgan fingerprint density at radius 1 is 0.893 bits per heavy atom. The predicted octanol–water partition coefficient (Wildman–Crippen LogP) is 7.55. The van der Waals surface area contributed by atoms with Crippen LogP contribution in [0.2, 0.25) is 0 Å². The number of allylic oxidation sites excluding steroid dienone is 2. The zero-order chi connectivity index (χ0) is 20.1. The van der Waals surface area contributed by atoms with Gasteiger partial charge in [0.1, 0.15) is 6.61 Å². The van der Waals surface area contributed by atoms with Crippen molar-refractivity contribution in [3.8, 4) is 0 Å².